The van der Waals surface area contributed by atoms with Crippen LogP contribution in [-0.2, 0) is 16.6 Å². The van der Waals surface area contributed by atoms with Crippen LogP contribution in [0.25, 0.3) is 0 Å². The van der Waals surface area contributed by atoms with E-state index in [1.54, 1.807) is 19.1 Å². The highest BCUT2D eigenvalue weighted by molar-refractivity contribution is 9.10. The van der Waals surface area contributed by atoms with E-state index in [0.717, 1.165) is 5.56 Å². The number of benzene rings is 1. The van der Waals surface area contributed by atoms with Gasteiger partial charge in [0.2, 0.25) is 0 Å². The first-order chi connectivity index (χ1) is 9.35. The van der Waals surface area contributed by atoms with Gasteiger partial charge in [-0.25, -0.2) is 8.42 Å². The van der Waals surface area contributed by atoms with Gasteiger partial charge in [0.25, 0.3) is 10.0 Å². The quantitative estimate of drug-likeness (QED) is 0.778. The second-order valence-electron chi connectivity index (χ2n) is 4.42. The highest BCUT2D eigenvalue weighted by atomic mass is 79.9. The van der Waals surface area contributed by atoms with Crippen LogP contribution < -0.4 is 10.5 Å². The number of hydrogen-bond acceptors (Lipinski definition) is 4. The Morgan fingerprint density at radius 3 is 2.75 bits per heavy atom. The molecule has 108 valence electrons. The predicted molar refractivity (Wildman–Crippen MR) is 80.9 cm³/mol. The van der Waals surface area contributed by atoms with Crippen molar-refractivity contribution < 1.29 is 8.42 Å². The highest BCUT2D eigenvalue weighted by Crippen LogP contribution is 2.27. The van der Waals surface area contributed by atoms with Crippen molar-refractivity contribution in [2.75, 3.05) is 4.72 Å². The molecule has 0 aliphatic rings. The van der Waals surface area contributed by atoms with E-state index in [9.17, 15) is 8.42 Å². The Morgan fingerprint density at radius 1 is 1.40 bits per heavy atom. The number of sulfonamides is 1. The smallest absolute Gasteiger partial charge is 0.265 e. The zero-order valence-electron chi connectivity index (χ0n) is 11.1. The van der Waals surface area contributed by atoms with Gasteiger partial charge in [-0.15, -0.1) is 0 Å². The minimum absolute atomic E-state index is 0.0512. The number of hydrogen-bond donors (Lipinski definition) is 3. The molecular formula is C12H15BrN4O2S. The number of nitrogens with zero attached hydrogens (tertiary/aromatic N) is 1. The predicted octanol–water partition coefficient (Wildman–Crippen LogP) is 2.05. The fourth-order valence-corrected chi connectivity index (χ4v) is 3.80. The lowest BCUT2D eigenvalue weighted by Crippen LogP contribution is -2.16. The summed E-state index contributed by atoms with van der Waals surface area (Å²) in [4.78, 5) is 0.105. The number of anilines is 1. The fraction of sp³-hybridized carbons (Fsp3) is 0.250. The van der Waals surface area contributed by atoms with Crippen LogP contribution in [0.15, 0.2) is 27.6 Å². The van der Waals surface area contributed by atoms with E-state index < -0.39 is 10.0 Å². The zero-order chi connectivity index (χ0) is 14.9. The van der Waals surface area contributed by atoms with Gasteiger partial charge in [-0.05, 0) is 47.5 Å². The third-order valence-corrected chi connectivity index (χ3v) is 5.05. The molecule has 0 saturated heterocycles. The molecule has 0 atom stereocenters. The van der Waals surface area contributed by atoms with Gasteiger partial charge in [0.05, 0.1) is 17.1 Å². The van der Waals surface area contributed by atoms with Crippen LogP contribution in [0.5, 0.6) is 0 Å². The Bertz CT molecular complexity index is 740. The number of H-pyrrole nitrogens is 1. The zero-order valence-corrected chi connectivity index (χ0v) is 13.5. The molecule has 1 aromatic heterocycles. The van der Waals surface area contributed by atoms with Crippen molar-refractivity contribution in [3.63, 3.8) is 0 Å². The van der Waals surface area contributed by atoms with E-state index in [0.29, 0.717) is 21.5 Å². The first kappa shape index (κ1) is 15.0. The van der Waals surface area contributed by atoms with E-state index in [4.69, 9.17) is 5.73 Å². The molecule has 0 unspecified atom stereocenters. The molecule has 8 heteroatoms. The minimum atomic E-state index is -3.74. The van der Waals surface area contributed by atoms with Crippen LogP contribution in [0.4, 0.5) is 5.69 Å². The summed E-state index contributed by atoms with van der Waals surface area (Å²) in [6.07, 6.45) is 0. The van der Waals surface area contributed by atoms with Crippen LogP contribution >= 0.6 is 15.9 Å². The van der Waals surface area contributed by atoms with Gasteiger partial charge in [0.15, 0.2) is 0 Å². The van der Waals surface area contributed by atoms with Crippen molar-refractivity contribution in [1.82, 2.24) is 10.2 Å². The van der Waals surface area contributed by atoms with Crippen molar-refractivity contribution in [2.45, 2.75) is 25.3 Å². The van der Waals surface area contributed by atoms with Gasteiger partial charge < -0.3 is 5.73 Å². The van der Waals surface area contributed by atoms with Crippen molar-refractivity contribution in [3.8, 4) is 0 Å². The number of aryl methyl sites for hydroxylation is 2. The fourth-order valence-electron chi connectivity index (χ4n) is 1.88. The van der Waals surface area contributed by atoms with Gasteiger partial charge >= 0.3 is 0 Å². The van der Waals surface area contributed by atoms with Crippen molar-refractivity contribution in [3.05, 3.63) is 39.6 Å². The largest absolute Gasteiger partial charge is 0.325 e. The Labute approximate surface area is 125 Å². The molecule has 1 heterocycles. The number of nitrogens with one attached hydrogen (secondary N) is 2. The maximum absolute atomic E-state index is 12.5. The first-order valence-electron chi connectivity index (χ1n) is 5.88. The van der Waals surface area contributed by atoms with Gasteiger partial charge in [-0.3, -0.25) is 9.82 Å². The van der Waals surface area contributed by atoms with E-state index >= 15 is 0 Å². The molecule has 0 amide bonds. The summed E-state index contributed by atoms with van der Waals surface area (Å²) in [6.45, 7) is 3.58. The average Bonchev–Trinajstić information content (AvgIpc) is 2.75. The highest BCUT2D eigenvalue weighted by Gasteiger charge is 2.24. The second-order valence-corrected chi connectivity index (χ2v) is 6.89. The van der Waals surface area contributed by atoms with Crippen LogP contribution in [0.2, 0.25) is 0 Å². The van der Waals surface area contributed by atoms with E-state index in [1.165, 1.54) is 0 Å². The summed E-state index contributed by atoms with van der Waals surface area (Å²) < 4.78 is 28.2. The van der Waals surface area contributed by atoms with Crippen LogP contribution in [0.1, 0.15) is 17.0 Å². The Hall–Kier alpha value is -1.38. The van der Waals surface area contributed by atoms with E-state index in [-0.39, 0.29) is 11.4 Å². The number of aromatic nitrogens is 2. The summed E-state index contributed by atoms with van der Waals surface area (Å²) in [5.74, 6) is 0. The second kappa shape index (κ2) is 5.55. The minimum Gasteiger partial charge on any atom is -0.325 e. The van der Waals surface area contributed by atoms with Crippen molar-refractivity contribution in [2.24, 2.45) is 5.73 Å². The molecule has 2 aromatic rings. The molecule has 1 aromatic carbocycles. The van der Waals surface area contributed by atoms with Crippen molar-refractivity contribution >= 4 is 31.6 Å². The first-order valence-corrected chi connectivity index (χ1v) is 8.15. The molecule has 0 aliphatic heterocycles. The number of aromatic amines is 1. The molecule has 0 spiro atoms. The summed E-state index contributed by atoms with van der Waals surface area (Å²) in [7, 11) is -3.74. The number of nitrogens with two attached hydrogens (primary N) is 1. The van der Waals surface area contributed by atoms with Crippen LogP contribution in [0.3, 0.4) is 0 Å². The monoisotopic (exact) mass is 358 g/mol. The van der Waals surface area contributed by atoms with Crippen molar-refractivity contribution in [1.29, 1.82) is 0 Å². The van der Waals surface area contributed by atoms with Gasteiger partial charge in [0, 0.05) is 11.0 Å². The average molecular weight is 359 g/mol. The topological polar surface area (TPSA) is 101 Å². The standard InChI is InChI=1S/C12H15BrN4O2S/c1-7-3-4-9(13)10(5-7)17-20(18,19)12-8(2)15-16-11(12)6-14/h3-5,17H,6,14H2,1-2H3,(H,15,16). The summed E-state index contributed by atoms with van der Waals surface area (Å²) in [6, 6.07) is 5.43. The van der Waals surface area contributed by atoms with Crippen LogP contribution in [0, 0.1) is 13.8 Å². The third kappa shape index (κ3) is 2.87. The molecule has 6 nitrogen and oxygen atoms in total. The molecular weight excluding hydrogens is 344 g/mol. The van der Waals surface area contributed by atoms with Gasteiger partial charge in [-0.1, -0.05) is 6.07 Å². The lowest BCUT2D eigenvalue weighted by Gasteiger charge is -2.11. The molecule has 20 heavy (non-hydrogen) atoms. The molecule has 2 rings (SSSR count). The van der Waals surface area contributed by atoms with E-state index in [1.807, 2.05) is 13.0 Å². The summed E-state index contributed by atoms with van der Waals surface area (Å²) in [5, 5.41) is 6.55. The molecule has 0 bridgehead atoms. The van der Waals surface area contributed by atoms with Crippen LogP contribution in [-0.4, -0.2) is 18.6 Å². The van der Waals surface area contributed by atoms with E-state index in [2.05, 4.69) is 30.8 Å². The summed E-state index contributed by atoms with van der Waals surface area (Å²) >= 11 is 3.33. The molecule has 0 saturated carbocycles. The van der Waals surface area contributed by atoms with Gasteiger partial charge in [-0.2, -0.15) is 5.10 Å². The van der Waals surface area contributed by atoms with Gasteiger partial charge in [0.1, 0.15) is 4.90 Å². The lowest BCUT2D eigenvalue weighted by molar-refractivity contribution is 0.599. The summed E-state index contributed by atoms with van der Waals surface area (Å²) in [5.41, 5.74) is 7.74. The normalized spacial score (nSPS) is 11.6. The molecule has 0 aliphatic carbocycles. The maximum Gasteiger partial charge on any atom is 0.265 e. The third-order valence-electron chi connectivity index (χ3n) is 2.79. The Balaban J connectivity index is 2.46. The number of halogens is 1. The molecule has 4 N–H and O–H groups in total. The molecule has 0 fully saturated rings. The maximum atomic E-state index is 12.5. The Morgan fingerprint density at radius 2 is 2.10 bits per heavy atom. The molecule has 0 radical (unpaired) electrons. The lowest BCUT2D eigenvalue weighted by atomic mass is 10.2. The SMILES string of the molecule is Cc1ccc(Br)c(NS(=O)(=O)c2c(CN)n[nH]c2C)c1. The Kier molecular flexibility index (Phi) is 4.17. The number of rotatable bonds is 4.